The fraction of sp³-hybridized carbons (Fsp3) is 0.750. The number of ether oxygens (including phenoxy) is 2. The van der Waals surface area contributed by atoms with E-state index in [0.29, 0.717) is 32.3 Å². The zero-order chi connectivity index (χ0) is 10.4. The number of methoxy groups -OCH3 is 1. The summed E-state index contributed by atoms with van der Waals surface area (Å²) in [5, 5.41) is 0. The lowest BCUT2D eigenvalue weighted by Gasteiger charge is -2.27. The molecule has 1 aliphatic rings. The minimum atomic E-state index is -0.394. The normalized spacial score (nSPS) is 18.1. The highest BCUT2D eigenvalue weighted by Crippen LogP contribution is 2.00. The molecule has 5 nitrogen and oxygen atoms in total. The number of aliphatic imine (C=N–C) groups is 1. The Balaban J connectivity index is 2.59. The Morgan fingerprint density at radius 2 is 2.21 bits per heavy atom. The molecule has 1 aliphatic heterocycles. The van der Waals surface area contributed by atoms with Gasteiger partial charge in [0.15, 0.2) is 0 Å². The monoisotopic (exact) mass is 220 g/mol. The van der Waals surface area contributed by atoms with Crippen LogP contribution in [0.5, 0.6) is 0 Å². The van der Waals surface area contributed by atoms with Crippen LogP contribution in [0.4, 0.5) is 0 Å². The Morgan fingerprint density at radius 1 is 1.57 bits per heavy atom. The van der Waals surface area contributed by atoms with Crippen molar-refractivity contribution < 1.29 is 14.3 Å². The number of rotatable bonds is 1. The first-order valence-electron chi connectivity index (χ1n) is 4.32. The minimum Gasteiger partial charge on any atom is -0.468 e. The van der Waals surface area contributed by atoms with Crippen molar-refractivity contribution in [1.82, 2.24) is 4.90 Å². The fourth-order valence-electron chi connectivity index (χ4n) is 1.14. The third-order valence-corrected chi connectivity index (χ3v) is 2.03. The maximum absolute atomic E-state index is 11.0. The molecule has 0 aromatic heterocycles. The van der Waals surface area contributed by atoms with Gasteiger partial charge in [-0.05, 0) is 0 Å². The average Bonchev–Trinajstić information content (AvgIpc) is 2.26. The highest BCUT2D eigenvalue weighted by Gasteiger charge is 2.16. The molecule has 0 saturated carbocycles. The van der Waals surface area contributed by atoms with Crippen LogP contribution in [-0.2, 0) is 14.3 Å². The lowest BCUT2D eigenvalue weighted by Crippen LogP contribution is -2.41. The molecule has 0 radical (unpaired) electrons. The third-order valence-electron chi connectivity index (χ3n) is 1.80. The second-order valence-corrected chi connectivity index (χ2v) is 2.99. The van der Waals surface area contributed by atoms with E-state index in [-0.39, 0.29) is 5.88 Å². The lowest BCUT2D eigenvalue weighted by atomic mass is 10.4. The molecule has 0 bridgehead atoms. The van der Waals surface area contributed by atoms with Crippen molar-refractivity contribution in [2.45, 2.75) is 0 Å². The van der Waals surface area contributed by atoms with Crippen molar-refractivity contribution in [3.05, 3.63) is 0 Å². The van der Waals surface area contributed by atoms with Crippen molar-refractivity contribution >= 4 is 23.5 Å². The molecule has 80 valence electrons. The molecule has 1 saturated heterocycles. The van der Waals surface area contributed by atoms with Crippen LogP contribution in [-0.4, -0.2) is 56.1 Å². The van der Waals surface area contributed by atoms with Crippen molar-refractivity contribution in [2.24, 2.45) is 4.99 Å². The number of amidine groups is 1. The molecule has 0 N–H and O–H groups in total. The molecular formula is C8H13ClN2O3. The first kappa shape index (κ1) is 11.3. The predicted octanol–water partition coefficient (Wildman–Crippen LogP) is 0.0864. The molecule has 14 heavy (non-hydrogen) atoms. The van der Waals surface area contributed by atoms with Gasteiger partial charge in [-0.25, -0.2) is 0 Å². The van der Waals surface area contributed by atoms with Crippen LogP contribution in [0.1, 0.15) is 0 Å². The van der Waals surface area contributed by atoms with E-state index < -0.39 is 5.91 Å². The van der Waals surface area contributed by atoms with Crippen LogP contribution in [0.2, 0.25) is 0 Å². The Morgan fingerprint density at radius 3 is 2.71 bits per heavy atom. The molecule has 0 unspecified atom stereocenters. The van der Waals surface area contributed by atoms with Gasteiger partial charge in [-0.2, -0.15) is 4.99 Å². The number of alkyl halides is 1. The summed E-state index contributed by atoms with van der Waals surface area (Å²) in [6, 6.07) is 0.318. The number of carbonyl (C=O) groups is 1. The van der Waals surface area contributed by atoms with Crippen LogP contribution in [0.25, 0.3) is 0 Å². The highest BCUT2D eigenvalue weighted by molar-refractivity contribution is 6.28. The van der Waals surface area contributed by atoms with Crippen molar-refractivity contribution in [3.8, 4) is 0 Å². The van der Waals surface area contributed by atoms with Crippen LogP contribution < -0.4 is 0 Å². The molecule has 0 aromatic rings. The van der Waals surface area contributed by atoms with E-state index in [2.05, 4.69) is 4.99 Å². The molecule has 6 heteroatoms. The maximum Gasteiger partial charge on any atom is 0.295 e. The molecule has 0 aliphatic carbocycles. The Hall–Kier alpha value is -0.810. The molecule has 0 atom stereocenters. The van der Waals surface area contributed by atoms with Crippen LogP contribution in [0, 0.1) is 0 Å². The number of amides is 1. The zero-order valence-corrected chi connectivity index (χ0v) is 8.79. The van der Waals surface area contributed by atoms with Crippen molar-refractivity contribution in [3.63, 3.8) is 0 Å². The Kier molecular flexibility index (Phi) is 4.69. The predicted molar refractivity (Wildman–Crippen MR) is 52.6 cm³/mol. The van der Waals surface area contributed by atoms with Gasteiger partial charge < -0.3 is 14.4 Å². The molecule has 1 heterocycles. The van der Waals surface area contributed by atoms with Gasteiger partial charge >= 0.3 is 0 Å². The molecule has 1 amide bonds. The summed E-state index contributed by atoms with van der Waals surface area (Å²) in [6.45, 7) is 2.61. The second-order valence-electron chi connectivity index (χ2n) is 2.73. The number of halogens is 1. The van der Waals surface area contributed by atoms with Gasteiger partial charge in [-0.3, -0.25) is 4.79 Å². The summed E-state index contributed by atoms with van der Waals surface area (Å²) in [5.74, 6) is -0.521. The zero-order valence-electron chi connectivity index (χ0n) is 8.03. The van der Waals surface area contributed by atoms with E-state index in [1.54, 1.807) is 0 Å². The number of hydrogen-bond acceptors (Lipinski definition) is 3. The lowest BCUT2D eigenvalue weighted by molar-refractivity contribution is -0.115. The molecule has 1 rings (SSSR count). The van der Waals surface area contributed by atoms with Gasteiger partial charge in [0.1, 0.15) is 5.88 Å². The average molecular weight is 221 g/mol. The summed E-state index contributed by atoms with van der Waals surface area (Å²) in [5.41, 5.74) is 0. The smallest absolute Gasteiger partial charge is 0.295 e. The van der Waals surface area contributed by atoms with Gasteiger partial charge in [0.05, 0.1) is 20.3 Å². The van der Waals surface area contributed by atoms with Gasteiger partial charge in [-0.15, -0.1) is 11.6 Å². The largest absolute Gasteiger partial charge is 0.468 e. The molecule has 0 aromatic carbocycles. The molecule has 0 spiro atoms. The Bertz CT molecular complexity index is 227. The van der Waals surface area contributed by atoms with Gasteiger partial charge in [0.2, 0.25) is 0 Å². The fourth-order valence-corrected chi connectivity index (χ4v) is 1.20. The molecule has 1 fully saturated rings. The van der Waals surface area contributed by atoms with Crippen LogP contribution >= 0.6 is 11.6 Å². The summed E-state index contributed by atoms with van der Waals surface area (Å²) in [6.07, 6.45) is 0. The van der Waals surface area contributed by atoms with Gasteiger partial charge in [0, 0.05) is 13.1 Å². The van der Waals surface area contributed by atoms with Crippen molar-refractivity contribution in [1.29, 1.82) is 0 Å². The first-order valence-corrected chi connectivity index (χ1v) is 4.85. The SMILES string of the molecule is COC(=NC(=O)CCl)N1CCOCC1. The number of morpholine rings is 1. The summed E-state index contributed by atoms with van der Waals surface area (Å²) >= 11 is 5.34. The van der Waals surface area contributed by atoms with E-state index in [1.807, 2.05) is 4.90 Å². The van der Waals surface area contributed by atoms with E-state index >= 15 is 0 Å². The van der Waals surface area contributed by atoms with E-state index in [0.717, 1.165) is 0 Å². The van der Waals surface area contributed by atoms with E-state index in [9.17, 15) is 4.79 Å². The quantitative estimate of drug-likeness (QED) is 0.357. The topological polar surface area (TPSA) is 51.1 Å². The number of hydrogen-bond donors (Lipinski definition) is 0. The summed E-state index contributed by atoms with van der Waals surface area (Å²) in [4.78, 5) is 16.6. The van der Waals surface area contributed by atoms with Crippen LogP contribution in [0.3, 0.4) is 0 Å². The van der Waals surface area contributed by atoms with Gasteiger partial charge in [-0.1, -0.05) is 0 Å². The minimum absolute atomic E-state index is 0.128. The number of nitrogens with zero attached hydrogens (tertiary/aromatic N) is 2. The first-order chi connectivity index (χ1) is 6.77. The second kappa shape index (κ2) is 5.82. The summed E-state index contributed by atoms with van der Waals surface area (Å²) in [7, 11) is 1.48. The van der Waals surface area contributed by atoms with Crippen LogP contribution in [0.15, 0.2) is 4.99 Å². The van der Waals surface area contributed by atoms with Gasteiger partial charge in [0.25, 0.3) is 11.9 Å². The van der Waals surface area contributed by atoms with Crippen molar-refractivity contribution in [2.75, 3.05) is 39.3 Å². The molecular weight excluding hydrogens is 208 g/mol. The number of carbonyl (C=O) groups excluding carboxylic acids is 1. The standard InChI is InChI=1S/C8H13ClN2O3/c1-13-8(10-7(12)6-9)11-2-4-14-5-3-11/h2-6H2,1H3. The summed E-state index contributed by atoms with van der Waals surface area (Å²) < 4.78 is 10.2. The van der Waals surface area contributed by atoms with E-state index in [1.165, 1.54) is 7.11 Å². The third kappa shape index (κ3) is 3.16. The maximum atomic E-state index is 11.0. The highest BCUT2D eigenvalue weighted by atomic mass is 35.5. The van der Waals surface area contributed by atoms with E-state index in [4.69, 9.17) is 21.1 Å². The Labute approximate surface area is 87.6 Å².